The fraction of sp³-hybridized carbons (Fsp3) is 0.100. The van der Waals surface area contributed by atoms with Crippen LogP contribution in [0.5, 0.6) is 0 Å². The minimum atomic E-state index is -0.490. The summed E-state index contributed by atoms with van der Waals surface area (Å²) < 4.78 is 5.39. The van der Waals surface area contributed by atoms with Crippen molar-refractivity contribution in [1.82, 2.24) is 10.2 Å². The maximum absolute atomic E-state index is 11.7. The molecule has 0 bridgehead atoms. The maximum atomic E-state index is 11.7. The van der Waals surface area contributed by atoms with Crippen LogP contribution in [-0.4, -0.2) is 23.3 Å². The van der Waals surface area contributed by atoms with Gasteiger partial charge >= 0.3 is 5.97 Å². The van der Waals surface area contributed by atoms with Crippen molar-refractivity contribution in [2.75, 3.05) is 12.8 Å². The molecule has 0 unspecified atom stereocenters. The lowest BCUT2D eigenvalue weighted by Crippen LogP contribution is -2.04. The normalized spacial score (nSPS) is 10.3. The summed E-state index contributed by atoms with van der Waals surface area (Å²) in [5.41, 5.74) is 8.00. The SMILES string of the molecule is COC(=O)c1cc(N)cc(Cl)c1Sc1nncs1. The molecule has 0 atom stereocenters. The molecule has 8 heteroatoms. The summed E-state index contributed by atoms with van der Waals surface area (Å²) in [5.74, 6) is -0.490. The highest BCUT2D eigenvalue weighted by atomic mass is 35.5. The number of aromatic nitrogens is 2. The molecule has 0 saturated heterocycles. The first-order chi connectivity index (χ1) is 8.61. The lowest BCUT2D eigenvalue weighted by molar-refractivity contribution is 0.0597. The number of carbonyl (C=O) groups excluding carboxylic acids is 1. The monoisotopic (exact) mass is 301 g/mol. The van der Waals surface area contributed by atoms with E-state index in [0.717, 1.165) is 0 Å². The van der Waals surface area contributed by atoms with Crippen molar-refractivity contribution in [3.63, 3.8) is 0 Å². The van der Waals surface area contributed by atoms with Gasteiger partial charge < -0.3 is 10.5 Å². The zero-order chi connectivity index (χ0) is 13.1. The van der Waals surface area contributed by atoms with Crippen LogP contribution in [-0.2, 0) is 4.74 Å². The standard InChI is InChI=1S/C10H8ClN3O2S2/c1-16-9(15)6-2-5(12)3-7(11)8(6)18-10-14-13-4-17-10/h2-4H,12H2,1H3. The number of nitrogen functional groups attached to an aromatic ring is 1. The van der Waals surface area contributed by atoms with Crippen molar-refractivity contribution in [2.24, 2.45) is 0 Å². The van der Waals surface area contributed by atoms with Gasteiger partial charge in [0.25, 0.3) is 0 Å². The number of nitrogens with zero attached hydrogens (tertiary/aromatic N) is 2. The average molecular weight is 302 g/mol. The molecular weight excluding hydrogens is 294 g/mol. The van der Waals surface area contributed by atoms with Crippen molar-refractivity contribution in [2.45, 2.75) is 9.24 Å². The van der Waals surface area contributed by atoms with Crippen LogP contribution in [0.25, 0.3) is 0 Å². The maximum Gasteiger partial charge on any atom is 0.339 e. The highest BCUT2D eigenvalue weighted by Crippen LogP contribution is 2.38. The van der Waals surface area contributed by atoms with Crippen molar-refractivity contribution in [3.05, 3.63) is 28.2 Å². The Balaban J connectivity index is 2.47. The number of nitrogens with two attached hydrogens (primary N) is 1. The first kappa shape index (κ1) is 13.1. The number of anilines is 1. The van der Waals surface area contributed by atoms with Gasteiger partial charge in [0.15, 0.2) is 4.34 Å². The van der Waals surface area contributed by atoms with Crippen LogP contribution in [0.15, 0.2) is 26.9 Å². The minimum absolute atomic E-state index is 0.322. The summed E-state index contributed by atoms with van der Waals surface area (Å²) in [5, 5.41) is 8.00. The summed E-state index contributed by atoms with van der Waals surface area (Å²) in [7, 11) is 1.30. The molecule has 0 aliphatic rings. The molecule has 0 aliphatic heterocycles. The van der Waals surface area contributed by atoms with Crippen LogP contribution < -0.4 is 5.73 Å². The third kappa shape index (κ3) is 2.74. The Kier molecular flexibility index (Phi) is 4.05. The first-order valence-corrected chi connectivity index (χ1v) is 6.80. The summed E-state index contributed by atoms with van der Waals surface area (Å²) in [6, 6.07) is 3.11. The number of ether oxygens (including phenoxy) is 1. The van der Waals surface area contributed by atoms with Gasteiger partial charge in [-0.1, -0.05) is 34.7 Å². The fourth-order valence-corrected chi connectivity index (χ4v) is 3.14. The second-order valence-electron chi connectivity index (χ2n) is 3.18. The molecule has 1 aromatic carbocycles. The van der Waals surface area contributed by atoms with E-state index in [1.165, 1.54) is 36.3 Å². The van der Waals surface area contributed by atoms with E-state index < -0.39 is 5.97 Å². The van der Waals surface area contributed by atoms with Gasteiger partial charge in [0, 0.05) is 10.6 Å². The van der Waals surface area contributed by atoms with E-state index in [1.807, 2.05) is 0 Å². The van der Waals surface area contributed by atoms with Gasteiger partial charge in [-0.25, -0.2) is 4.79 Å². The van der Waals surface area contributed by atoms with Crippen LogP contribution in [0, 0.1) is 0 Å². The van der Waals surface area contributed by atoms with Crippen LogP contribution in [0.3, 0.4) is 0 Å². The second-order valence-corrected chi connectivity index (χ2v) is 5.68. The molecule has 0 amide bonds. The molecule has 0 fully saturated rings. The molecule has 5 nitrogen and oxygen atoms in total. The molecule has 0 aliphatic carbocycles. The van der Waals surface area contributed by atoms with Gasteiger partial charge in [0.05, 0.1) is 17.7 Å². The highest BCUT2D eigenvalue weighted by molar-refractivity contribution is 8.01. The van der Waals surface area contributed by atoms with E-state index in [0.29, 0.717) is 25.5 Å². The van der Waals surface area contributed by atoms with Crippen molar-refractivity contribution in [1.29, 1.82) is 0 Å². The molecule has 0 spiro atoms. The Morgan fingerprint density at radius 3 is 2.94 bits per heavy atom. The van der Waals surface area contributed by atoms with Gasteiger partial charge in [-0.3, -0.25) is 0 Å². The van der Waals surface area contributed by atoms with Gasteiger partial charge in [-0.2, -0.15) is 0 Å². The third-order valence-corrected chi connectivity index (χ3v) is 4.33. The Bertz CT molecular complexity index is 575. The topological polar surface area (TPSA) is 78.1 Å². The van der Waals surface area contributed by atoms with Crippen LogP contribution >= 0.6 is 34.7 Å². The molecule has 18 heavy (non-hydrogen) atoms. The van der Waals surface area contributed by atoms with Crippen LogP contribution in [0.2, 0.25) is 5.02 Å². The molecule has 1 heterocycles. The van der Waals surface area contributed by atoms with Crippen molar-refractivity contribution in [3.8, 4) is 0 Å². The lowest BCUT2D eigenvalue weighted by Gasteiger charge is -2.09. The Morgan fingerprint density at radius 2 is 2.33 bits per heavy atom. The van der Waals surface area contributed by atoms with E-state index in [2.05, 4.69) is 10.2 Å². The van der Waals surface area contributed by atoms with Crippen molar-refractivity contribution >= 4 is 46.4 Å². The van der Waals surface area contributed by atoms with Crippen LogP contribution in [0.1, 0.15) is 10.4 Å². The molecule has 2 aromatic rings. The summed E-state index contributed by atoms with van der Waals surface area (Å²) in [6.45, 7) is 0. The highest BCUT2D eigenvalue weighted by Gasteiger charge is 2.18. The minimum Gasteiger partial charge on any atom is -0.465 e. The van der Waals surface area contributed by atoms with E-state index in [9.17, 15) is 4.79 Å². The number of esters is 1. The quantitative estimate of drug-likeness (QED) is 0.694. The number of hydrogen-bond donors (Lipinski definition) is 1. The predicted molar refractivity (Wildman–Crippen MR) is 71.2 cm³/mol. The third-order valence-electron chi connectivity index (χ3n) is 2.00. The number of methoxy groups -OCH3 is 1. The molecule has 0 saturated carbocycles. The number of carbonyl (C=O) groups is 1. The predicted octanol–water partition coefficient (Wildman–Crippen LogP) is 2.71. The summed E-state index contributed by atoms with van der Waals surface area (Å²) in [4.78, 5) is 12.2. The number of halogens is 1. The number of benzene rings is 1. The Labute approximate surface area is 116 Å². The van der Waals surface area contributed by atoms with Crippen molar-refractivity contribution < 1.29 is 9.53 Å². The molecule has 2 N–H and O–H groups in total. The zero-order valence-electron chi connectivity index (χ0n) is 9.21. The zero-order valence-corrected chi connectivity index (χ0v) is 11.6. The van der Waals surface area contributed by atoms with Crippen LogP contribution in [0.4, 0.5) is 5.69 Å². The lowest BCUT2D eigenvalue weighted by atomic mass is 10.2. The Hall–Kier alpha value is -1.31. The van der Waals surface area contributed by atoms with Gasteiger partial charge in [-0.05, 0) is 12.1 Å². The van der Waals surface area contributed by atoms with Gasteiger partial charge in [-0.15, -0.1) is 10.2 Å². The Morgan fingerprint density at radius 1 is 1.56 bits per heavy atom. The van der Waals surface area contributed by atoms with Gasteiger partial charge in [0.2, 0.25) is 0 Å². The number of rotatable bonds is 3. The first-order valence-electron chi connectivity index (χ1n) is 4.73. The summed E-state index contributed by atoms with van der Waals surface area (Å²) in [6.07, 6.45) is 0. The fourth-order valence-electron chi connectivity index (χ4n) is 1.27. The second kappa shape index (κ2) is 5.55. The van der Waals surface area contributed by atoms with E-state index in [4.69, 9.17) is 22.1 Å². The molecule has 2 rings (SSSR count). The average Bonchev–Trinajstić information content (AvgIpc) is 2.84. The molecule has 1 aromatic heterocycles. The summed E-state index contributed by atoms with van der Waals surface area (Å²) >= 11 is 8.71. The smallest absolute Gasteiger partial charge is 0.339 e. The largest absolute Gasteiger partial charge is 0.465 e. The molecular formula is C10H8ClN3O2S2. The van der Waals surface area contributed by atoms with Gasteiger partial charge in [0.1, 0.15) is 5.51 Å². The van der Waals surface area contributed by atoms with E-state index >= 15 is 0 Å². The number of hydrogen-bond acceptors (Lipinski definition) is 7. The van der Waals surface area contributed by atoms with E-state index in [1.54, 1.807) is 11.6 Å². The van der Waals surface area contributed by atoms with E-state index in [-0.39, 0.29) is 0 Å². The molecule has 94 valence electrons. The molecule has 0 radical (unpaired) electrons.